The summed E-state index contributed by atoms with van der Waals surface area (Å²) < 4.78 is 81.5. The van der Waals surface area contributed by atoms with Crippen LogP contribution in [0.4, 0.5) is 26.3 Å². The van der Waals surface area contributed by atoms with Crippen LogP contribution in [0.3, 0.4) is 0 Å². The lowest BCUT2D eigenvalue weighted by Gasteiger charge is -2.31. The van der Waals surface area contributed by atoms with Crippen LogP contribution in [0.15, 0.2) is 99.6 Å². The normalized spacial score (nSPS) is 12.8. The minimum absolute atomic E-state index is 0.222. The van der Waals surface area contributed by atoms with Crippen LogP contribution >= 0.6 is 0 Å². The van der Waals surface area contributed by atoms with Crippen molar-refractivity contribution < 1.29 is 36.2 Å². The van der Waals surface area contributed by atoms with E-state index in [1.54, 1.807) is 12.1 Å². The van der Waals surface area contributed by atoms with Crippen LogP contribution in [-0.2, 0) is 10.9 Å². The van der Waals surface area contributed by atoms with Gasteiger partial charge in [-0.25, -0.2) is 0 Å². The van der Waals surface area contributed by atoms with Crippen LogP contribution < -0.4 is 4.74 Å². The predicted molar refractivity (Wildman–Crippen MR) is 104 cm³/mol. The zero-order chi connectivity index (χ0) is 22.7. The lowest BCUT2D eigenvalue weighted by atomic mass is 10.0. The summed E-state index contributed by atoms with van der Waals surface area (Å²) in [6, 6.07) is 24.7. The van der Waals surface area contributed by atoms with E-state index in [0.29, 0.717) is 0 Å². The van der Waals surface area contributed by atoms with Crippen LogP contribution in [0.1, 0.15) is 0 Å². The second kappa shape index (κ2) is 8.84. The highest BCUT2D eigenvalue weighted by atomic mass is 32.2. The number of alkyl halides is 6. The van der Waals surface area contributed by atoms with E-state index < -0.39 is 35.5 Å². The molecule has 0 saturated heterocycles. The number of halogens is 6. The Morgan fingerprint density at radius 1 is 0.613 bits per heavy atom. The van der Waals surface area contributed by atoms with E-state index in [-0.39, 0.29) is 5.75 Å². The van der Waals surface area contributed by atoms with Gasteiger partial charge < -0.3 is 9.84 Å². The minimum Gasteiger partial charge on any atom is -0.490 e. The molecule has 3 aromatic rings. The zero-order valence-electron chi connectivity index (χ0n) is 15.8. The molecular formula is C22H17F6O2S+. The highest BCUT2D eigenvalue weighted by Crippen LogP contribution is 2.43. The van der Waals surface area contributed by atoms with Gasteiger partial charge in [-0.2, -0.15) is 26.3 Å². The maximum absolute atomic E-state index is 12.8. The summed E-state index contributed by atoms with van der Waals surface area (Å²) in [7, 11) is -0.537. The fraction of sp³-hybridized carbons (Fsp3) is 0.182. The molecule has 31 heavy (non-hydrogen) atoms. The summed E-state index contributed by atoms with van der Waals surface area (Å²) in [6.45, 7) is -2.00. The molecule has 0 radical (unpaired) electrons. The zero-order valence-corrected chi connectivity index (χ0v) is 16.6. The molecule has 1 N–H and O–H groups in total. The highest BCUT2D eigenvalue weighted by Gasteiger charge is 2.71. The van der Waals surface area contributed by atoms with E-state index >= 15 is 0 Å². The van der Waals surface area contributed by atoms with Crippen molar-refractivity contribution in [3.8, 4) is 5.75 Å². The molecule has 0 aliphatic carbocycles. The SMILES string of the molecule is OC(COc1ccc([S+](c2ccccc2)c2ccccc2)cc1)(C(F)(F)F)C(F)(F)F. The maximum Gasteiger partial charge on any atom is 0.429 e. The molecule has 0 atom stereocenters. The van der Waals surface area contributed by atoms with Crippen LogP contribution in [0, 0.1) is 0 Å². The largest absolute Gasteiger partial charge is 0.490 e. The van der Waals surface area contributed by atoms with Crippen molar-refractivity contribution in [3.05, 3.63) is 84.9 Å². The molecule has 0 fully saturated rings. The second-order valence-electron chi connectivity index (χ2n) is 6.55. The van der Waals surface area contributed by atoms with Crippen molar-refractivity contribution in [3.63, 3.8) is 0 Å². The molecule has 0 aliphatic heterocycles. The van der Waals surface area contributed by atoms with Gasteiger partial charge in [0.1, 0.15) is 12.4 Å². The van der Waals surface area contributed by atoms with Crippen LogP contribution in [0.25, 0.3) is 0 Å². The highest BCUT2D eigenvalue weighted by molar-refractivity contribution is 7.97. The Hall–Kier alpha value is -2.65. The Bertz CT molecular complexity index is 919. The summed E-state index contributed by atoms with van der Waals surface area (Å²) in [5.74, 6) is -0.222. The number of aliphatic hydroxyl groups is 1. The van der Waals surface area contributed by atoms with E-state index in [1.165, 1.54) is 12.1 Å². The van der Waals surface area contributed by atoms with Gasteiger partial charge in [-0.15, -0.1) is 0 Å². The number of hydrogen-bond donors (Lipinski definition) is 1. The van der Waals surface area contributed by atoms with E-state index in [4.69, 9.17) is 0 Å². The second-order valence-corrected chi connectivity index (χ2v) is 8.57. The molecule has 164 valence electrons. The van der Waals surface area contributed by atoms with Crippen molar-refractivity contribution >= 4 is 10.9 Å². The first-order valence-corrected chi connectivity index (χ1v) is 10.2. The van der Waals surface area contributed by atoms with Crippen molar-refractivity contribution in [1.82, 2.24) is 0 Å². The summed E-state index contributed by atoms with van der Waals surface area (Å²) in [5, 5.41) is 9.21. The van der Waals surface area contributed by atoms with Gasteiger partial charge in [0.2, 0.25) is 0 Å². The Kier molecular flexibility index (Phi) is 6.56. The van der Waals surface area contributed by atoms with Crippen LogP contribution in [0.2, 0.25) is 0 Å². The molecule has 0 saturated carbocycles. The Balaban J connectivity index is 1.86. The minimum atomic E-state index is -5.93. The first-order chi connectivity index (χ1) is 14.5. The van der Waals surface area contributed by atoms with Gasteiger partial charge in [0.15, 0.2) is 14.7 Å². The van der Waals surface area contributed by atoms with Crippen LogP contribution in [-0.4, -0.2) is 29.7 Å². The van der Waals surface area contributed by atoms with Gasteiger partial charge in [-0.05, 0) is 48.5 Å². The van der Waals surface area contributed by atoms with Crippen molar-refractivity contribution in [1.29, 1.82) is 0 Å². The lowest BCUT2D eigenvalue weighted by molar-refractivity contribution is -0.373. The summed E-state index contributed by atoms with van der Waals surface area (Å²) in [4.78, 5) is 2.78. The quantitative estimate of drug-likeness (QED) is 0.361. The monoisotopic (exact) mass is 459 g/mol. The molecule has 0 unspecified atom stereocenters. The molecule has 3 aromatic carbocycles. The number of hydrogen-bond acceptors (Lipinski definition) is 2. The maximum atomic E-state index is 12.8. The molecule has 0 heterocycles. The van der Waals surface area contributed by atoms with Gasteiger partial charge >= 0.3 is 12.4 Å². The van der Waals surface area contributed by atoms with E-state index in [2.05, 4.69) is 4.74 Å². The number of benzene rings is 3. The lowest BCUT2D eigenvalue weighted by Crippen LogP contribution is -2.60. The molecular weight excluding hydrogens is 442 g/mol. The molecule has 2 nitrogen and oxygen atoms in total. The topological polar surface area (TPSA) is 29.5 Å². The van der Waals surface area contributed by atoms with Crippen molar-refractivity contribution in [2.75, 3.05) is 6.61 Å². The molecule has 0 aliphatic rings. The number of rotatable bonds is 6. The van der Waals surface area contributed by atoms with E-state index in [0.717, 1.165) is 14.7 Å². The standard InChI is InChI=1S/C22H17F6O2S/c23-21(24,25)20(29,22(26,27)28)15-30-16-11-13-19(14-12-16)31(17-7-3-1-4-8-17)18-9-5-2-6-10-18/h1-14,29H,15H2/q+1. The third-order valence-corrected chi connectivity index (χ3v) is 6.63. The van der Waals surface area contributed by atoms with Gasteiger partial charge in [0, 0.05) is 0 Å². The first-order valence-electron chi connectivity index (χ1n) is 8.96. The third-order valence-electron chi connectivity index (χ3n) is 4.40. The Morgan fingerprint density at radius 2 is 1.00 bits per heavy atom. The van der Waals surface area contributed by atoms with Gasteiger partial charge in [0.05, 0.1) is 10.9 Å². The Morgan fingerprint density at radius 3 is 1.39 bits per heavy atom. The molecule has 0 spiro atoms. The average Bonchev–Trinajstić information content (AvgIpc) is 2.73. The van der Waals surface area contributed by atoms with E-state index in [9.17, 15) is 31.4 Å². The first kappa shape index (κ1) is 23.0. The predicted octanol–water partition coefficient (Wildman–Crippen LogP) is 6.02. The van der Waals surface area contributed by atoms with Gasteiger partial charge in [-0.3, -0.25) is 0 Å². The summed E-state index contributed by atoms with van der Waals surface area (Å²) >= 11 is 0. The molecule has 0 amide bonds. The Labute approximate surface area is 177 Å². The molecule has 9 heteroatoms. The fourth-order valence-corrected chi connectivity index (χ4v) is 4.79. The van der Waals surface area contributed by atoms with Gasteiger partial charge in [-0.1, -0.05) is 36.4 Å². The fourth-order valence-electron chi connectivity index (χ4n) is 2.71. The molecule has 3 rings (SSSR count). The van der Waals surface area contributed by atoms with Crippen molar-refractivity contribution in [2.24, 2.45) is 0 Å². The summed E-state index contributed by atoms with van der Waals surface area (Å²) in [5.41, 5.74) is -4.96. The van der Waals surface area contributed by atoms with E-state index in [1.807, 2.05) is 60.7 Å². The van der Waals surface area contributed by atoms with Crippen LogP contribution in [0.5, 0.6) is 5.75 Å². The molecule has 0 bridgehead atoms. The smallest absolute Gasteiger partial charge is 0.429 e. The van der Waals surface area contributed by atoms with Crippen molar-refractivity contribution in [2.45, 2.75) is 32.6 Å². The number of ether oxygens (including phenoxy) is 1. The average molecular weight is 459 g/mol. The van der Waals surface area contributed by atoms with Gasteiger partial charge in [0.25, 0.3) is 5.60 Å². The summed E-state index contributed by atoms with van der Waals surface area (Å²) in [6.07, 6.45) is -11.9. The molecule has 0 aromatic heterocycles. The third kappa shape index (κ3) is 4.99.